The predicted octanol–water partition coefficient (Wildman–Crippen LogP) is 2.44. The Kier molecular flexibility index (Phi) is 3.88. The fourth-order valence-electron chi connectivity index (χ4n) is 2.03. The van der Waals surface area contributed by atoms with E-state index in [0.717, 1.165) is 23.2 Å². The maximum absolute atomic E-state index is 11.7. The lowest BCUT2D eigenvalue weighted by atomic mass is 10.1. The highest BCUT2D eigenvalue weighted by atomic mass is 16.5. The number of carbonyl (C=O) groups excluding carboxylic acids is 2. The van der Waals surface area contributed by atoms with Gasteiger partial charge in [0.25, 0.3) is 5.91 Å². The third-order valence-electron chi connectivity index (χ3n) is 3.41. The Hall–Kier alpha value is -1.84. The predicted molar refractivity (Wildman–Crippen MR) is 72.8 cm³/mol. The standard InChI is InChI=1S/C15H19NO3/c1-9-4-5-13(11(3)6-9)16-14(17)8-19-15(18)12-7-10(12)2/h4-6,10,12H,7-8H2,1-3H3,(H,16,17)/t10-,12-/m0/s1. The van der Waals surface area contributed by atoms with Crippen molar-refractivity contribution < 1.29 is 14.3 Å². The lowest BCUT2D eigenvalue weighted by Crippen LogP contribution is -2.22. The molecule has 102 valence electrons. The van der Waals surface area contributed by atoms with Gasteiger partial charge in [0.05, 0.1) is 5.92 Å². The molecule has 0 aromatic heterocycles. The van der Waals surface area contributed by atoms with Gasteiger partial charge in [0.15, 0.2) is 6.61 Å². The van der Waals surface area contributed by atoms with Gasteiger partial charge in [0.1, 0.15) is 0 Å². The second-order valence-corrected chi connectivity index (χ2v) is 5.29. The number of amides is 1. The van der Waals surface area contributed by atoms with Crippen LogP contribution in [-0.4, -0.2) is 18.5 Å². The Labute approximate surface area is 113 Å². The van der Waals surface area contributed by atoms with Gasteiger partial charge in [-0.1, -0.05) is 24.6 Å². The van der Waals surface area contributed by atoms with Gasteiger partial charge < -0.3 is 10.1 Å². The summed E-state index contributed by atoms with van der Waals surface area (Å²) in [5, 5.41) is 2.75. The molecule has 1 amide bonds. The maximum Gasteiger partial charge on any atom is 0.309 e. The number of esters is 1. The fourth-order valence-corrected chi connectivity index (χ4v) is 2.03. The van der Waals surface area contributed by atoms with E-state index in [4.69, 9.17) is 4.74 Å². The molecule has 1 aromatic rings. The number of hydrogen-bond acceptors (Lipinski definition) is 3. The molecule has 4 heteroatoms. The second-order valence-electron chi connectivity index (χ2n) is 5.29. The molecule has 0 heterocycles. The molecule has 2 rings (SSSR count). The lowest BCUT2D eigenvalue weighted by Gasteiger charge is -2.09. The van der Waals surface area contributed by atoms with Crippen LogP contribution in [0, 0.1) is 25.7 Å². The van der Waals surface area contributed by atoms with E-state index in [1.807, 2.05) is 39.0 Å². The largest absolute Gasteiger partial charge is 0.455 e. The molecule has 0 unspecified atom stereocenters. The first-order chi connectivity index (χ1) is 8.97. The Bertz CT molecular complexity index is 510. The number of carbonyl (C=O) groups is 2. The van der Waals surface area contributed by atoms with Gasteiger partial charge in [0, 0.05) is 5.69 Å². The van der Waals surface area contributed by atoms with Crippen LogP contribution in [0.25, 0.3) is 0 Å². The van der Waals surface area contributed by atoms with Gasteiger partial charge in [-0.05, 0) is 37.8 Å². The molecule has 0 bridgehead atoms. The van der Waals surface area contributed by atoms with Gasteiger partial charge in [-0.2, -0.15) is 0 Å². The first-order valence-corrected chi connectivity index (χ1v) is 6.51. The molecular formula is C15H19NO3. The van der Waals surface area contributed by atoms with Gasteiger partial charge in [-0.25, -0.2) is 0 Å². The van der Waals surface area contributed by atoms with Crippen molar-refractivity contribution in [2.75, 3.05) is 11.9 Å². The van der Waals surface area contributed by atoms with E-state index >= 15 is 0 Å². The highest BCUT2D eigenvalue weighted by Crippen LogP contribution is 2.38. The van der Waals surface area contributed by atoms with E-state index in [9.17, 15) is 9.59 Å². The highest BCUT2D eigenvalue weighted by molar-refractivity contribution is 5.93. The first kappa shape index (κ1) is 13.6. The molecule has 1 N–H and O–H groups in total. The fraction of sp³-hybridized carbons (Fsp3) is 0.467. The van der Waals surface area contributed by atoms with Gasteiger partial charge >= 0.3 is 5.97 Å². The zero-order valence-corrected chi connectivity index (χ0v) is 11.5. The average molecular weight is 261 g/mol. The molecule has 1 saturated carbocycles. The molecule has 1 aromatic carbocycles. The lowest BCUT2D eigenvalue weighted by molar-refractivity contribution is -0.148. The van der Waals surface area contributed by atoms with E-state index in [-0.39, 0.29) is 24.4 Å². The Morgan fingerprint density at radius 2 is 2.05 bits per heavy atom. The molecular weight excluding hydrogens is 242 g/mol. The van der Waals surface area contributed by atoms with Crippen molar-refractivity contribution in [3.05, 3.63) is 29.3 Å². The van der Waals surface area contributed by atoms with E-state index < -0.39 is 0 Å². The van der Waals surface area contributed by atoms with Crippen LogP contribution in [0.5, 0.6) is 0 Å². The van der Waals surface area contributed by atoms with Gasteiger partial charge in [0.2, 0.25) is 0 Å². The van der Waals surface area contributed by atoms with Crippen LogP contribution >= 0.6 is 0 Å². The molecule has 0 aliphatic heterocycles. The molecule has 0 saturated heterocycles. The first-order valence-electron chi connectivity index (χ1n) is 6.51. The van der Waals surface area contributed by atoms with Gasteiger partial charge in [-0.3, -0.25) is 9.59 Å². The minimum atomic E-state index is -0.298. The molecule has 1 aliphatic rings. The van der Waals surface area contributed by atoms with Crippen LogP contribution in [0.1, 0.15) is 24.5 Å². The zero-order chi connectivity index (χ0) is 14.0. The summed E-state index contributed by atoms with van der Waals surface area (Å²) < 4.78 is 4.98. The third kappa shape index (κ3) is 3.56. The molecule has 4 nitrogen and oxygen atoms in total. The van der Waals surface area contributed by atoms with Crippen LogP contribution < -0.4 is 5.32 Å². The summed E-state index contributed by atoms with van der Waals surface area (Å²) >= 11 is 0. The third-order valence-corrected chi connectivity index (χ3v) is 3.41. The minimum Gasteiger partial charge on any atom is -0.455 e. The summed E-state index contributed by atoms with van der Waals surface area (Å²) in [4.78, 5) is 23.2. The van der Waals surface area contributed by atoms with Crippen molar-refractivity contribution in [1.29, 1.82) is 0 Å². The van der Waals surface area contributed by atoms with Crippen LogP contribution in [0.2, 0.25) is 0 Å². The maximum atomic E-state index is 11.7. The summed E-state index contributed by atoms with van der Waals surface area (Å²) in [6, 6.07) is 5.78. The summed E-state index contributed by atoms with van der Waals surface area (Å²) in [6.07, 6.45) is 0.873. The summed E-state index contributed by atoms with van der Waals surface area (Å²) in [5.41, 5.74) is 2.89. The van der Waals surface area contributed by atoms with Crippen molar-refractivity contribution in [2.24, 2.45) is 11.8 Å². The van der Waals surface area contributed by atoms with Gasteiger partial charge in [-0.15, -0.1) is 0 Å². The summed E-state index contributed by atoms with van der Waals surface area (Å²) in [6.45, 7) is 5.72. The Morgan fingerprint density at radius 3 is 2.63 bits per heavy atom. The zero-order valence-electron chi connectivity index (χ0n) is 11.5. The molecule has 1 fully saturated rings. The number of anilines is 1. The monoisotopic (exact) mass is 261 g/mol. The van der Waals surface area contributed by atoms with Crippen LogP contribution in [0.4, 0.5) is 5.69 Å². The van der Waals surface area contributed by atoms with Crippen molar-refractivity contribution in [1.82, 2.24) is 0 Å². The number of aryl methyl sites for hydroxylation is 2. The molecule has 0 spiro atoms. The molecule has 19 heavy (non-hydrogen) atoms. The second kappa shape index (κ2) is 5.43. The van der Waals surface area contributed by atoms with Crippen molar-refractivity contribution >= 4 is 17.6 Å². The topological polar surface area (TPSA) is 55.4 Å². The number of benzene rings is 1. The number of nitrogens with one attached hydrogen (secondary N) is 1. The smallest absolute Gasteiger partial charge is 0.309 e. The van der Waals surface area contributed by atoms with E-state index in [1.165, 1.54) is 0 Å². The van der Waals surface area contributed by atoms with Crippen molar-refractivity contribution in [2.45, 2.75) is 27.2 Å². The normalized spacial score (nSPS) is 20.8. The number of ether oxygens (including phenoxy) is 1. The van der Waals surface area contributed by atoms with Crippen LogP contribution in [-0.2, 0) is 14.3 Å². The van der Waals surface area contributed by atoms with Crippen molar-refractivity contribution in [3.8, 4) is 0 Å². The quantitative estimate of drug-likeness (QED) is 0.847. The molecule has 0 radical (unpaired) electrons. The summed E-state index contributed by atoms with van der Waals surface area (Å²) in [7, 11) is 0. The average Bonchev–Trinajstić information content (AvgIpc) is 3.07. The van der Waals surface area contributed by atoms with E-state index in [2.05, 4.69) is 5.32 Å². The minimum absolute atomic E-state index is 0.00564. The van der Waals surface area contributed by atoms with E-state index in [1.54, 1.807) is 0 Å². The van der Waals surface area contributed by atoms with E-state index in [0.29, 0.717) is 5.92 Å². The molecule has 1 aliphatic carbocycles. The SMILES string of the molecule is Cc1ccc(NC(=O)COC(=O)[C@H]2C[C@@H]2C)c(C)c1. The van der Waals surface area contributed by atoms with Crippen molar-refractivity contribution in [3.63, 3.8) is 0 Å². The van der Waals surface area contributed by atoms with Crippen LogP contribution in [0.15, 0.2) is 18.2 Å². The number of rotatable bonds is 4. The van der Waals surface area contributed by atoms with Crippen LogP contribution in [0.3, 0.4) is 0 Å². The number of hydrogen-bond donors (Lipinski definition) is 1. The Balaban J connectivity index is 1.82. The Morgan fingerprint density at radius 1 is 1.37 bits per heavy atom. The summed E-state index contributed by atoms with van der Waals surface area (Å²) in [5.74, 6) is -0.166. The molecule has 2 atom stereocenters. The highest BCUT2D eigenvalue weighted by Gasteiger charge is 2.40.